The van der Waals surface area contributed by atoms with Crippen molar-refractivity contribution in [3.63, 3.8) is 0 Å². The summed E-state index contributed by atoms with van der Waals surface area (Å²) in [4.78, 5) is 8.30. The molecule has 0 aliphatic rings. The molecule has 5 aromatic rings. The molecule has 0 amide bonds. The van der Waals surface area contributed by atoms with Crippen LogP contribution in [-0.4, -0.2) is 79.6 Å². The minimum Gasteiger partial charge on any atom is -0.805 e. The molecule has 14 heteroatoms. The lowest BCUT2D eigenvalue weighted by Crippen LogP contribution is -2.41. The van der Waals surface area contributed by atoms with E-state index in [4.69, 9.17) is 43.4 Å². The summed E-state index contributed by atoms with van der Waals surface area (Å²) in [6, 6.07) is 39.5. The summed E-state index contributed by atoms with van der Waals surface area (Å²) in [5, 5.41) is 30.3. The summed E-state index contributed by atoms with van der Waals surface area (Å²) in [5.74, 6) is 1.24. The molecule has 0 unspecified atom stereocenters. The second kappa shape index (κ2) is 36.2. The molecule has 0 aliphatic carbocycles. The van der Waals surface area contributed by atoms with E-state index in [2.05, 4.69) is 162 Å². The number of benzene rings is 4. The Labute approximate surface area is 463 Å². The van der Waals surface area contributed by atoms with Crippen LogP contribution in [0.25, 0.3) is 0 Å². The lowest BCUT2D eigenvalue weighted by molar-refractivity contribution is -0.904. The van der Waals surface area contributed by atoms with Gasteiger partial charge in [0.1, 0.15) is 30.1 Å². The molecule has 1 aromatic heterocycles. The lowest BCUT2D eigenvalue weighted by Gasteiger charge is -2.33. The van der Waals surface area contributed by atoms with Crippen LogP contribution in [0.5, 0.6) is 5.75 Å². The lowest BCUT2D eigenvalue weighted by atomic mass is 9.72. The number of nitrogens with one attached hydrogen (secondary N) is 3. The monoisotopic (exact) mass is 1070 g/mol. The molecule has 0 radical (unpaired) electrons. The largest absolute Gasteiger partial charge is 0.805 e. The van der Waals surface area contributed by atoms with Crippen LogP contribution in [0.15, 0.2) is 138 Å². The number of hydrogen-bond acceptors (Lipinski definition) is 7. The molecule has 0 saturated heterocycles. The maximum absolute atomic E-state index is 10.4. The third kappa shape index (κ3) is 31.6. The highest BCUT2D eigenvalue weighted by Gasteiger charge is 2.27. The van der Waals surface area contributed by atoms with E-state index in [9.17, 15) is 5.21 Å². The van der Waals surface area contributed by atoms with Crippen LogP contribution in [0.2, 0.25) is 5.02 Å². The number of hydrogen-bond donors (Lipinski definition) is 5. The number of anilines is 1. The van der Waals surface area contributed by atoms with E-state index in [1.807, 2.05) is 0 Å². The molecule has 0 saturated carbocycles. The maximum Gasteiger partial charge on any atom is 0.218 e. The van der Waals surface area contributed by atoms with Crippen molar-refractivity contribution in [2.75, 3.05) is 52.3 Å². The van der Waals surface area contributed by atoms with Crippen LogP contribution in [-0.2, 0) is 23.1 Å². The Hall–Kier alpha value is -5.86. The van der Waals surface area contributed by atoms with E-state index in [0.717, 1.165) is 86.1 Å². The number of pyridine rings is 1. The third-order valence-electron chi connectivity index (χ3n) is 11.4. The molecule has 0 bridgehead atoms. The Morgan fingerprint density at radius 1 is 0.747 bits per heavy atom. The number of aliphatic imine (C=N–C) groups is 2. The number of aromatic nitrogens is 1. The zero-order chi connectivity index (χ0) is 53.0. The van der Waals surface area contributed by atoms with Gasteiger partial charge in [0.05, 0.1) is 27.3 Å². The number of halogens is 1. The number of likely N-dealkylation sites (N-methyl/N-ethyl adjacent to an activating group) is 1. The van der Waals surface area contributed by atoms with Crippen molar-refractivity contribution in [3.05, 3.63) is 165 Å². The van der Waals surface area contributed by atoms with Crippen molar-refractivity contribution < 1.29 is 14.0 Å². The van der Waals surface area contributed by atoms with Gasteiger partial charge in [0.2, 0.25) is 11.9 Å². The van der Waals surface area contributed by atoms with Gasteiger partial charge in [0, 0.05) is 47.1 Å². The molecule has 5 rings (SSSR count). The van der Waals surface area contributed by atoms with E-state index in [-0.39, 0.29) is 39.6 Å². The zero-order valence-corrected chi connectivity index (χ0v) is 45.8. The van der Waals surface area contributed by atoms with E-state index >= 15 is 0 Å². The molecule has 0 atom stereocenters. The first kappa shape index (κ1) is 69.1. The summed E-state index contributed by atoms with van der Waals surface area (Å²) in [6.07, 6.45) is 9.51. The van der Waals surface area contributed by atoms with Gasteiger partial charge >= 0.3 is 0 Å². The standard InChI is InChI=1S/C27H42NO2.C26H36ClN7.C5H4NOS.3CH4/c1-26(2,3)22-27(4,5)24-13-15-25(16-14-24)30-20-19-29-18-17-28(6,7)21-23-11-9-8-10-12-23;1-19-8-10-20(11-9-19)17-23(29)18-22(28)7-5-3-2-4-6-16-32-25(30)34-26(31)33-24-14-12-21(27)13-15-24;7-6-4-2-1-3-5(6)8;;;/h8-16H,17-22H2,1-7H3;8-15,28-29H,2-7,16-18H2,1H3,(H5,30,31,32,33,34);1-4H;3*1H4/q+1;;-1;;;. The van der Waals surface area contributed by atoms with Crippen LogP contribution < -0.4 is 21.5 Å². The molecular weight excluding hydrogens is 974 g/mol. The minimum absolute atomic E-state index is 0. The van der Waals surface area contributed by atoms with E-state index in [1.54, 1.807) is 42.5 Å². The second-order valence-corrected chi connectivity index (χ2v) is 21.6. The molecule has 75 heavy (non-hydrogen) atoms. The van der Waals surface area contributed by atoms with Gasteiger partial charge in [0.15, 0.2) is 0 Å². The molecule has 12 nitrogen and oxygen atoms in total. The predicted molar refractivity (Wildman–Crippen MR) is 327 cm³/mol. The number of nitrogens with two attached hydrogens (primary N) is 2. The first-order valence-corrected chi connectivity index (χ1v) is 25.7. The van der Waals surface area contributed by atoms with Crippen LogP contribution in [0.4, 0.5) is 5.69 Å². The highest BCUT2D eigenvalue weighted by molar-refractivity contribution is 7.71. The first-order chi connectivity index (χ1) is 34.1. The van der Waals surface area contributed by atoms with Gasteiger partial charge in [-0.2, -0.15) is 4.99 Å². The Balaban J connectivity index is 0.00000123. The predicted octanol–water partition coefficient (Wildman–Crippen LogP) is 15.2. The molecule has 0 spiro atoms. The second-order valence-electron chi connectivity index (χ2n) is 20.7. The van der Waals surface area contributed by atoms with Gasteiger partial charge in [-0.3, -0.25) is 4.99 Å². The van der Waals surface area contributed by atoms with Gasteiger partial charge < -0.3 is 51.5 Å². The van der Waals surface area contributed by atoms with Gasteiger partial charge in [0.25, 0.3) is 0 Å². The zero-order valence-electron chi connectivity index (χ0n) is 44.2. The van der Waals surface area contributed by atoms with Gasteiger partial charge in [-0.05, 0) is 109 Å². The van der Waals surface area contributed by atoms with E-state index in [0.29, 0.717) is 63.8 Å². The molecule has 1 heterocycles. The van der Waals surface area contributed by atoms with E-state index < -0.39 is 0 Å². The molecule has 414 valence electrons. The van der Waals surface area contributed by atoms with Crippen molar-refractivity contribution in [1.29, 1.82) is 10.8 Å². The van der Waals surface area contributed by atoms with Crippen molar-refractivity contribution in [1.82, 2.24) is 4.73 Å². The topological polar surface area (TPSA) is 183 Å². The van der Waals surface area contributed by atoms with Crippen LogP contribution in [0, 0.1) is 33.0 Å². The number of aryl methyl sites for hydroxylation is 1. The van der Waals surface area contributed by atoms with Crippen LogP contribution >= 0.6 is 23.8 Å². The summed E-state index contributed by atoms with van der Waals surface area (Å²) in [5.41, 5.74) is 19.2. The third-order valence-corrected chi connectivity index (χ3v) is 12.0. The van der Waals surface area contributed by atoms with Crippen LogP contribution in [0.1, 0.15) is 131 Å². The first-order valence-electron chi connectivity index (χ1n) is 25.0. The SMILES string of the molecule is C.C.C.CC(C)(C)CC(C)(C)c1ccc(OCCOCC[N+](C)(C)Cc2ccccc2)cc1.Cc1ccc(CC(=N)CC(=N)CCCCCCCN=C(N)N=C(N)Nc2ccc(Cl)cc2)cc1.[O-]n1ccccc1=S. The van der Waals surface area contributed by atoms with Gasteiger partial charge in [-0.1, -0.05) is 178 Å². The fraction of sp³-hybridized carbons (Fsp3) is 0.459. The quantitative estimate of drug-likeness (QED) is 0.0134. The highest BCUT2D eigenvalue weighted by Crippen LogP contribution is 2.36. The van der Waals surface area contributed by atoms with Crippen molar-refractivity contribution in [2.45, 2.75) is 134 Å². The average molecular weight is 1070 g/mol. The number of unbranched alkanes of at least 4 members (excludes halogenated alkanes) is 4. The summed E-state index contributed by atoms with van der Waals surface area (Å²) in [6.45, 7) is 18.1. The summed E-state index contributed by atoms with van der Waals surface area (Å²) in [7, 11) is 4.49. The number of rotatable bonds is 24. The van der Waals surface area contributed by atoms with Crippen LogP contribution in [0.3, 0.4) is 0 Å². The number of nitrogens with zero attached hydrogens (tertiary/aromatic N) is 4. The molecule has 0 aliphatic heterocycles. The number of guanidine groups is 2. The fourth-order valence-corrected chi connectivity index (χ4v) is 8.30. The fourth-order valence-electron chi connectivity index (χ4n) is 8.03. The minimum atomic E-state index is 0. The smallest absolute Gasteiger partial charge is 0.218 e. The number of quaternary nitrogens is 1. The highest BCUT2D eigenvalue weighted by atomic mass is 35.5. The molecule has 0 fully saturated rings. The van der Waals surface area contributed by atoms with Crippen molar-refractivity contribution >= 4 is 52.8 Å². The molecule has 7 N–H and O–H groups in total. The maximum atomic E-state index is 10.4. The number of ether oxygens (including phenoxy) is 2. The normalized spacial score (nSPS) is 11.5. The average Bonchev–Trinajstić information content (AvgIpc) is 3.31. The van der Waals surface area contributed by atoms with Gasteiger partial charge in [-0.15, -0.1) is 0 Å². The summed E-state index contributed by atoms with van der Waals surface area (Å²) >= 11 is 10.5. The Bertz CT molecular complexity index is 2470. The van der Waals surface area contributed by atoms with E-state index in [1.165, 1.54) is 22.9 Å². The molecular formula is C61H94ClN9O3S. The Kier molecular flexibility index (Phi) is 33.4. The van der Waals surface area contributed by atoms with Crippen molar-refractivity contribution in [3.8, 4) is 5.75 Å². The van der Waals surface area contributed by atoms with Crippen molar-refractivity contribution in [2.24, 2.45) is 26.9 Å². The van der Waals surface area contributed by atoms with Gasteiger partial charge in [-0.25, -0.2) is 0 Å². The molecule has 4 aromatic carbocycles. The Morgan fingerprint density at radius 3 is 1.96 bits per heavy atom. The summed E-state index contributed by atoms with van der Waals surface area (Å²) < 4.78 is 13.6. The Morgan fingerprint density at radius 2 is 1.36 bits per heavy atom.